The monoisotopic (exact) mass is 312 g/mol. The Labute approximate surface area is 134 Å². The van der Waals surface area contributed by atoms with Crippen LogP contribution in [0, 0.1) is 0 Å². The van der Waals surface area contributed by atoms with Gasteiger partial charge >= 0.3 is 5.97 Å². The molecular weight excluding hydrogens is 296 g/mol. The summed E-state index contributed by atoms with van der Waals surface area (Å²) in [6.07, 6.45) is 1.79. The maximum atomic E-state index is 12.1. The Morgan fingerprint density at radius 2 is 1.61 bits per heavy atom. The van der Waals surface area contributed by atoms with Crippen molar-refractivity contribution in [3.8, 4) is 17.2 Å². The highest BCUT2D eigenvalue weighted by molar-refractivity contribution is 6.08. The van der Waals surface area contributed by atoms with Gasteiger partial charge in [-0.25, -0.2) is 4.79 Å². The van der Waals surface area contributed by atoms with Gasteiger partial charge in [-0.1, -0.05) is 12.1 Å². The van der Waals surface area contributed by atoms with Gasteiger partial charge in [0.15, 0.2) is 0 Å². The fourth-order valence-corrected chi connectivity index (χ4v) is 2.44. The molecule has 0 aromatic heterocycles. The normalized spacial score (nSPS) is 14.4. The Morgan fingerprint density at radius 1 is 0.913 bits per heavy atom. The zero-order chi connectivity index (χ0) is 16.4. The number of hydrogen-bond donors (Lipinski definition) is 0. The van der Waals surface area contributed by atoms with E-state index in [1.54, 1.807) is 32.4 Å². The van der Waals surface area contributed by atoms with Crippen LogP contribution in [-0.2, 0) is 4.74 Å². The van der Waals surface area contributed by atoms with Gasteiger partial charge in [-0.3, -0.25) is 0 Å². The maximum absolute atomic E-state index is 12.1. The number of rotatable bonds is 4. The van der Waals surface area contributed by atoms with Gasteiger partial charge in [0.05, 0.1) is 21.3 Å². The zero-order valence-electron chi connectivity index (χ0n) is 13.1. The minimum Gasteiger partial charge on any atom is -0.497 e. The molecule has 1 aliphatic heterocycles. The smallest absolute Gasteiger partial charge is 0.348 e. The molecule has 5 nitrogen and oxygen atoms in total. The molecule has 0 fully saturated rings. The van der Waals surface area contributed by atoms with Gasteiger partial charge in [-0.2, -0.15) is 0 Å². The third-order valence-electron chi connectivity index (χ3n) is 3.62. The molecule has 0 atom stereocenters. The lowest BCUT2D eigenvalue weighted by Crippen LogP contribution is -1.99. The van der Waals surface area contributed by atoms with E-state index in [2.05, 4.69) is 0 Å². The molecular formula is C18H16O5. The predicted octanol–water partition coefficient (Wildman–Crippen LogP) is 3.38. The number of cyclic esters (lactones) is 1. The summed E-state index contributed by atoms with van der Waals surface area (Å²) in [6, 6.07) is 10.9. The average molecular weight is 312 g/mol. The molecule has 1 aliphatic rings. The molecule has 0 saturated carbocycles. The standard InChI is InChI=1S/C18H16O5/c1-20-12-6-4-11(5-7-12)8-15-14-9-13(21-2)10-16(22-3)17(14)18(19)23-15/h4-10H,1-3H3/b15-8-. The number of hydrogen-bond acceptors (Lipinski definition) is 5. The van der Waals surface area contributed by atoms with Gasteiger partial charge in [0.25, 0.3) is 0 Å². The van der Waals surface area contributed by atoms with Crippen molar-refractivity contribution < 1.29 is 23.7 Å². The second kappa shape index (κ2) is 6.04. The quantitative estimate of drug-likeness (QED) is 0.810. The first-order valence-corrected chi connectivity index (χ1v) is 7.00. The van der Waals surface area contributed by atoms with E-state index >= 15 is 0 Å². The average Bonchev–Trinajstić information content (AvgIpc) is 2.90. The molecule has 3 rings (SSSR count). The third-order valence-corrected chi connectivity index (χ3v) is 3.62. The van der Waals surface area contributed by atoms with E-state index in [4.69, 9.17) is 18.9 Å². The molecule has 0 bridgehead atoms. The zero-order valence-corrected chi connectivity index (χ0v) is 13.1. The van der Waals surface area contributed by atoms with Gasteiger partial charge in [-0.05, 0) is 29.8 Å². The highest BCUT2D eigenvalue weighted by Gasteiger charge is 2.31. The largest absolute Gasteiger partial charge is 0.497 e. The summed E-state index contributed by atoms with van der Waals surface area (Å²) in [7, 11) is 4.68. The molecule has 0 radical (unpaired) electrons. The van der Waals surface area contributed by atoms with E-state index in [1.807, 2.05) is 24.3 Å². The first kappa shape index (κ1) is 15.0. The fourth-order valence-electron chi connectivity index (χ4n) is 2.44. The number of ether oxygens (including phenoxy) is 4. The van der Waals surface area contributed by atoms with E-state index in [-0.39, 0.29) is 0 Å². The second-order valence-corrected chi connectivity index (χ2v) is 4.92. The van der Waals surface area contributed by atoms with Crippen molar-refractivity contribution >= 4 is 17.8 Å². The van der Waals surface area contributed by atoms with E-state index < -0.39 is 5.97 Å². The summed E-state index contributed by atoms with van der Waals surface area (Å²) in [5.41, 5.74) is 1.96. The number of esters is 1. The molecule has 0 amide bonds. The molecule has 0 aliphatic carbocycles. The van der Waals surface area contributed by atoms with E-state index in [9.17, 15) is 4.79 Å². The SMILES string of the molecule is COc1ccc(/C=C2\OC(=O)c3c(OC)cc(OC)cc32)cc1. The van der Waals surface area contributed by atoms with Crippen LogP contribution < -0.4 is 14.2 Å². The fraction of sp³-hybridized carbons (Fsp3) is 0.167. The van der Waals surface area contributed by atoms with Crippen LogP contribution in [0.25, 0.3) is 11.8 Å². The first-order valence-electron chi connectivity index (χ1n) is 7.00. The Bertz CT molecular complexity index is 775. The highest BCUT2D eigenvalue weighted by atomic mass is 16.5. The topological polar surface area (TPSA) is 54.0 Å². The summed E-state index contributed by atoms with van der Waals surface area (Å²) >= 11 is 0. The van der Waals surface area contributed by atoms with Crippen LogP contribution >= 0.6 is 0 Å². The van der Waals surface area contributed by atoms with Crippen molar-refractivity contribution in [3.63, 3.8) is 0 Å². The summed E-state index contributed by atoms with van der Waals surface area (Å²) < 4.78 is 21.1. The minimum absolute atomic E-state index is 0.410. The Balaban J connectivity index is 2.07. The van der Waals surface area contributed by atoms with Crippen LogP contribution in [0.2, 0.25) is 0 Å². The van der Waals surface area contributed by atoms with Crippen molar-refractivity contribution in [1.82, 2.24) is 0 Å². The minimum atomic E-state index is -0.431. The number of benzene rings is 2. The molecule has 5 heteroatoms. The van der Waals surface area contributed by atoms with Crippen LogP contribution in [0.3, 0.4) is 0 Å². The van der Waals surface area contributed by atoms with Crippen LogP contribution in [0.5, 0.6) is 17.2 Å². The Hall–Kier alpha value is -2.95. The van der Waals surface area contributed by atoms with Gasteiger partial charge in [-0.15, -0.1) is 0 Å². The van der Waals surface area contributed by atoms with Crippen molar-refractivity contribution in [2.24, 2.45) is 0 Å². The molecule has 23 heavy (non-hydrogen) atoms. The molecule has 0 unspecified atom stereocenters. The van der Waals surface area contributed by atoms with Crippen molar-refractivity contribution in [3.05, 3.63) is 53.1 Å². The van der Waals surface area contributed by atoms with Gasteiger partial charge < -0.3 is 18.9 Å². The van der Waals surface area contributed by atoms with Crippen LogP contribution in [0.15, 0.2) is 36.4 Å². The lowest BCUT2D eigenvalue weighted by molar-refractivity contribution is 0.0714. The van der Waals surface area contributed by atoms with E-state index in [0.29, 0.717) is 28.4 Å². The van der Waals surface area contributed by atoms with Crippen molar-refractivity contribution in [2.45, 2.75) is 0 Å². The first-order chi connectivity index (χ1) is 11.2. The van der Waals surface area contributed by atoms with Gasteiger partial charge in [0.1, 0.15) is 28.6 Å². The molecule has 0 saturated heterocycles. The van der Waals surface area contributed by atoms with Crippen LogP contribution in [-0.4, -0.2) is 27.3 Å². The lowest BCUT2D eigenvalue weighted by atomic mass is 10.0. The third kappa shape index (κ3) is 2.73. The summed E-state index contributed by atoms with van der Waals surface area (Å²) in [5.74, 6) is 1.83. The number of fused-ring (bicyclic) bond motifs is 1. The summed E-state index contributed by atoms with van der Waals surface area (Å²) in [6.45, 7) is 0. The van der Waals surface area contributed by atoms with Crippen LogP contribution in [0.4, 0.5) is 0 Å². The Kier molecular flexibility index (Phi) is 3.93. The molecule has 1 heterocycles. The Morgan fingerprint density at radius 3 is 2.22 bits per heavy atom. The molecule has 2 aromatic carbocycles. The van der Waals surface area contributed by atoms with E-state index in [0.717, 1.165) is 11.3 Å². The van der Waals surface area contributed by atoms with Gasteiger partial charge in [0, 0.05) is 11.6 Å². The van der Waals surface area contributed by atoms with Crippen molar-refractivity contribution in [1.29, 1.82) is 0 Å². The molecule has 0 spiro atoms. The molecule has 0 N–H and O–H groups in total. The number of carbonyl (C=O) groups excluding carboxylic acids is 1. The van der Waals surface area contributed by atoms with Crippen molar-refractivity contribution in [2.75, 3.05) is 21.3 Å². The van der Waals surface area contributed by atoms with Gasteiger partial charge in [0.2, 0.25) is 0 Å². The highest BCUT2D eigenvalue weighted by Crippen LogP contribution is 2.40. The molecule has 118 valence electrons. The summed E-state index contributed by atoms with van der Waals surface area (Å²) in [5, 5.41) is 0. The summed E-state index contributed by atoms with van der Waals surface area (Å²) in [4.78, 5) is 12.1. The number of carbonyl (C=O) groups is 1. The maximum Gasteiger partial charge on any atom is 0.348 e. The predicted molar refractivity (Wildman–Crippen MR) is 85.8 cm³/mol. The lowest BCUT2D eigenvalue weighted by Gasteiger charge is -2.07. The number of methoxy groups -OCH3 is 3. The molecule has 2 aromatic rings. The second-order valence-electron chi connectivity index (χ2n) is 4.92. The van der Waals surface area contributed by atoms with Crippen LogP contribution in [0.1, 0.15) is 21.5 Å². The van der Waals surface area contributed by atoms with E-state index in [1.165, 1.54) is 7.11 Å².